The number of hydrogen-bond acceptors (Lipinski definition) is 1. The molecule has 2 heteroatoms. The van der Waals surface area contributed by atoms with Gasteiger partial charge in [-0.05, 0) is 6.92 Å². The van der Waals surface area contributed by atoms with Crippen molar-refractivity contribution in [3.8, 4) is 0 Å². The molecule has 1 N–H and O–H groups in total. The molecule has 0 spiro atoms. The van der Waals surface area contributed by atoms with Gasteiger partial charge in [-0.2, -0.15) is 0 Å². The minimum Gasteiger partial charge on any atom is -0.356 e. The molecule has 9 heavy (non-hydrogen) atoms. The zero-order valence-electron chi connectivity index (χ0n) is 4.82. The zero-order chi connectivity index (χ0) is 5.70. The highest BCUT2D eigenvalue weighted by Crippen LogP contribution is 1.70. The molecule has 58 valence electrons. The highest BCUT2D eigenvalue weighted by Gasteiger charge is 1.88. The summed E-state index contributed by atoms with van der Waals surface area (Å²) >= 11 is 0. The fraction of sp³-hybridized carbons (Fsp3) is 0.857. The Morgan fingerprint density at radius 2 is 1.78 bits per heavy atom. The van der Waals surface area contributed by atoms with Crippen LogP contribution in [0.2, 0.25) is 0 Å². The summed E-state index contributed by atoms with van der Waals surface area (Å²) in [5, 5.41) is 2.66. The van der Waals surface area contributed by atoms with Crippen molar-refractivity contribution < 1.29 is 4.79 Å². The Bertz CT molecular complexity index is 61.9. The van der Waals surface area contributed by atoms with E-state index in [1.807, 2.05) is 13.8 Å². The highest BCUT2D eigenvalue weighted by atomic mass is 16.1. The maximum absolute atomic E-state index is 10.3. The van der Waals surface area contributed by atoms with E-state index in [2.05, 4.69) is 5.32 Å². The molecule has 1 amide bonds. The molecule has 0 saturated heterocycles. The van der Waals surface area contributed by atoms with Gasteiger partial charge in [-0.1, -0.05) is 21.8 Å². The first-order chi connectivity index (χ1) is 3.31. The van der Waals surface area contributed by atoms with Crippen molar-refractivity contribution in [2.24, 2.45) is 0 Å². The molecular weight excluding hydrogens is 114 g/mol. The monoisotopic (exact) mass is 133 g/mol. The molecule has 0 heterocycles. The normalized spacial score (nSPS) is 6.44. The van der Waals surface area contributed by atoms with Gasteiger partial charge in [0.05, 0.1) is 0 Å². The number of carbonyl (C=O) groups excluding carboxylic acids is 1. The van der Waals surface area contributed by atoms with Crippen LogP contribution in [-0.2, 0) is 4.79 Å². The van der Waals surface area contributed by atoms with Gasteiger partial charge in [0.2, 0.25) is 5.91 Å². The van der Waals surface area contributed by atoms with Gasteiger partial charge in [0.15, 0.2) is 0 Å². The second kappa shape index (κ2) is 10.5. The molecule has 0 aromatic heterocycles. The molecule has 0 rings (SSSR count). The lowest BCUT2D eigenvalue weighted by molar-refractivity contribution is -0.120. The third-order valence-corrected chi connectivity index (χ3v) is 0.695. The number of rotatable bonds is 2. The van der Waals surface area contributed by atoms with Gasteiger partial charge in [-0.3, -0.25) is 4.79 Å². The molecule has 0 bridgehead atoms. The van der Waals surface area contributed by atoms with Gasteiger partial charge in [0, 0.05) is 13.0 Å². The van der Waals surface area contributed by atoms with Crippen LogP contribution in [0.3, 0.4) is 0 Å². The van der Waals surface area contributed by atoms with Crippen LogP contribution in [0.5, 0.6) is 0 Å². The van der Waals surface area contributed by atoms with Crippen molar-refractivity contribution in [2.45, 2.75) is 35.1 Å². The Morgan fingerprint density at radius 3 is 1.89 bits per heavy atom. The topological polar surface area (TPSA) is 29.1 Å². The van der Waals surface area contributed by atoms with Crippen LogP contribution >= 0.6 is 0 Å². The Balaban J connectivity index is -0.000000180. The molecule has 0 aliphatic carbocycles. The lowest BCUT2D eigenvalue weighted by Gasteiger charge is -1.93. The molecule has 0 fully saturated rings. The molecule has 2 nitrogen and oxygen atoms in total. The second-order valence-electron chi connectivity index (χ2n) is 1.31. The van der Waals surface area contributed by atoms with Crippen molar-refractivity contribution in [2.75, 3.05) is 6.54 Å². The summed E-state index contributed by atoms with van der Waals surface area (Å²) in [4.78, 5) is 10.3. The van der Waals surface area contributed by atoms with Gasteiger partial charge >= 0.3 is 0 Å². The molecule has 0 atom stereocenters. The first kappa shape index (κ1) is 15.8. The quantitative estimate of drug-likeness (QED) is 0.611. The Morgan fingerprint density at radius 1 is 1.33 bits per heavy atom. The largest absolute Gasteiger partial charge is 0.356 e. The van der Waals surface area contributed by atoms with Crippen LogP contribution in [-0.4, -0.2) is 12.5 Å². The van der Waals surface area contributed by atoms with Crippen LogP contribution in [0.4, 0.5) is 0 Å². The molecule has 0 saturated carbocycles. The van der Waals surface area contributed by atoms with E-state index in [9.17, 15) is 4.79 Å². The molecule has 0 aliphatic rings. The summed E-state index contributed by atoms with van der Waals surface area (Å²) in [5.41, 5.74) is 0. The fourth-order valence-corrected chi connectivity index (χ4v) is 0.322. The summed E-state index contributed by atoms with van der Waals surface area (Å²) in [6, 6.07) is 0. The van der Waals surface area contributed by atoms with Crippen LogP contribution in [0.1, 0.15) is 35.1 Å². The van der Waals surface area contributed by atoms with Crippen LogP contribution in [0.25, 0.3) is 0 Å². The van der Waals surface area contributed by atoms with E-state index in [1.54, 1.807) is 0 Å². The van der Waals surface area contributed by atoms with E-state index in [0.29, 0.717) is 6.42 Å². The van der Waals surface area contributed by atoms with E-state index >= 15 is 0 Å². The first-order valence-electron chi connectivity index (χ1n) is 2.58. The molecule has 0 unspecified atom stereocenters. The third kappa shape index (κ3) is 11.2. The average molecular weight is 133 g/mol. The van der Waals surface area contributed by atoms with Crippen molar-refractivity contribution in [1.29, 1.82) is 0 Å². The standard InChI is InChI=1S/C5H11NO.2CH4/c1-3-5(7)6-4-2;;/h3-4H2,1-2H3,(H,6,7);2*1H4. The van der Waals surface area contributed by atoms with Crippen molar-refractivity contribution in [1.82, 2.24) is 5.32 Å². The van der Waals surface area contributed by atoms with E-state index in [1.165, 1.54) is 0 Å². The van der Waals surface area contributed by atoms with E-state index in [4.69, 9.17) is 0 Å². The summed E-state index contributed by atoms with van der Waals surface area (Å²) in [6.07, 6.45) is 0.591. The van der Waals surface area contributed by atoms with Gasteiger partial charge in [0.25, 0.3) is 0 Å². The van der Waals surface area contributed by atoms with E-state index in [0.717, 1.165) is 6.54 Å². The first-order valence-corrected chi connectivity index (χ1v) is 2.58. The number of nitrogens with one attached hydrogen (secondary N) is 1. The highest BCUT2D eigenvalue weighted by molar-refractivity contribution is 5.75. The lowest BCUT2D eigenvalue weighted by atomic mass is 10.4. The number of amides is 1. The number of carbonyl (C=O) groups is 1. The van der Waals surface area contributed by atoms with Crippen molar-refractivity contribution in [3.63, 3.8) is 0 Å². The lowest BCUT2D eigenvalue weighted by Crippen LogP contribution is -2.20. The Hall–Kier alpha value is -0.530. The summed E-state index contributed by atoms with van der Waals surface area (Å²) in [6.45, 7) is 4.49. The molecule has 0 aromatic carbocycles. The fourth-order valence-electron chi connectivity index (χ4n) is 0.322. The van der Waals surface area contributed by atoms with Gasteiger partial charge < -0.3 is 5.32 Å². The van der Waals surface area contributed by atoms with Crippen molar-refractivity contribution in [3.05, 3.63) is 0 Å². The molecule has 0 radical (unpaired) electrons. The van der Waals surface area contributed by atoms with Crippen LogP contribution in [0, 0.1) is 0 Å². The average Bonchev–Trinajstić information content (AvgIpc) is 1.68. The molecule has 0 aromatic rings. The third-order valence-electron chi connectivity index (χ3n) is 0.695. The minimum atomic E-state index is 0. The Labute approximate surface area is 58.7 Å². The van der Waals surface area contributed by atoms with E-state index < -0.39 is 0 Å². The molecule has 0 aliphatic heterocycles. The number of hydrogen-bond donors (Lipinski definition) is 1. The van der Waals surface area contributed by atoms with Crippen LogP contribution in [0.15, 0.2) is 0 Å². The predicted molar refractivity (Wildman–Crippen MR) is 42.4 cm³/mol. The van der Waals surface area contributed by atoms with Gasteiger partial charge in [-0.25, -0.2) is 0 Å². The van der Waals surface area contributed by atoms with Gasteiger partial charge in [0.1, 0.15) is 0 Å². The van der Waals surface area contributed by atoms with Gasteiger partial charge in [-0.15, -0.1) is 0 Å². The zero-order valence-corrected chi connectivity index (χ0v) is 4.82. The summed E-state index contributed by atoms with van der Waals surface area (Å²) in [5.74, 6) is 0.127. The maximum atomic E-state index is 10.3. The summed E-state index contributed by atoms with van der Waals surface area (Å²) in [7, 11) is 0. The smallest absolute Gasteiger partial charge is 0.219 e. The SMILES string of the molecule is C.C.CCNC(=O)CC. The minimum absolute atomic E-state index is 0. The van der Waals surface area contributed by atoms with Crippen molar-refractivity contribution >= 4 is 5.91 Å². The van der Waals surface area contributed by atoms with E-state index in [-0.39, 0.29) is 20.8 Å². The maximum Gasteiger partial charge on any atom is 0.219 e. The Kier molecular flexibility index (Phi) is 18.3. The van der Waals surface area contributed by atoms with Crippen LogP contribution < -0.4 is 5.32 Å². The summed E-state index contributed by atoms with van der Waals surface area (Å²) < 4.78 is 0. The molecular formula is C7H19NO. The second-order valence-corrected chi connectivity index (χ2v) is 1.31. The predicted octanol–water partition coefficient (Wildman–Crippen LogP) is 1.80.